The third-order valence-corrected chi connectivity index (χ3v) is 3.67. The van der Waals surface area contributed by atoms with Gasteiger partial charge in [-0.25, -0.2) is 0 Å². The molecule has 1 heterocycles. The molecule has 1 aliphatic rings. The summed E-state index contributed by atoms with van der Waals surface area (Å²) in [4.78, 5) is 25.4. The number of carbonyl (C=O) groups is 2. The van der Waals surface area contributed by atoms with Gasteiger partial charge in [-0.05, 0) is 24.5 Å². The van der Waals surface area contributed by atoms with Gasteiger partial charge < -0.3 is 15.0 Å². The molecule has 2 amide bonds. The fourth-order valence-corrected chi connectivity index (χ4v) is 2.48. The molecule has 2 rings (SSSR count). The zero-order valence-electron chi connectivity index (χ0n) is 12.8. The predicted molar refractivity (Wildman–Crippen MR) is 85.1 cm³/mol. The number of nitrogens with zero attached hydrogens (tertiary/aromatic N) is 1. The van der Waals surface area contributed by atoms with E-state index in [0.29, 0.717) is 13.1 Å². The average molecular weight is 302 g/mol. The highest BCUT2D eigenvalue weighted by Crippen LogP contribution is 2.11. The van der Waals surface area contributed by atoms with Crippen LogP contribution in [0.5, 0.6) is 0 Å². The van der Waals surface area contributed by atoms with E-state index in [0.717, 1.165) is 18.4 Å². The van der Waals surface area contributed by atoms with Gasteiger partial charge in [0.1, 0.15) is 6.61 Å². The summed E-state index contributed by atoms with van der Waals surface area (Å²) < 4.78 is 4.79. The number of piperidine rings is 1. The van der Waals surface area contributed by atoms with Crippen molar-refractivity contribution in [3.63, 3.8) is 0 Å². The monoisotopic (exact) mass is 302 g/mol. The molecular weight excluding hydrogens is 280 g/mol. The number of ether oxygens (including phenoxy) is 1. The first-order chi connectivity index (χ1) is 10.7. The summed E-state index contributed by atoms with van der Waals surface area (Å²) in [6.45, 7) is 1.41. The summed E-state index contributed by atoms with van der Waals surface area (Å²) in [6, 6.07) is 9.88. The zero-order chi connectivity index (χ0) is 15.8. The van der Waals surface area contributed by atoms with Gasteiger partial charge in [-0.3, -0.25) is 9.59 Å². The number of amides is 2. The molecule has 1 aromatic carbocycles. The van der Waals surface area contributed by atoms with Crippen LogP contribution >= 0.6 is 0 Å². The van der Waals surface area contributed by atoms with Crippen molar-refractivity contribution in [2.45, 2.75) is 18.9 Å². The van der Waals surface area contributed by atoms with Crippen LogP contribution < -0.4 is 5.32 Å². The van der Waals surface area contributed by atoms with Crippen LogP contribution in [0.2, 0.25) is 0 Å². The van der Waals surface area contributed by atoms with Gasteiger partial charge in [0.15, 0.2) is 0 Å². The zero-order valence-corrected chi connectivity index (χ0v) is 12.8. The standard InChI is InChI=1S/C17H22N2O3/c1-22-13-16(20)18-15-9-11-19(12-10-15)17(21)8-7-14-5-3-2-4-6-14/h2-8,15H,9-13H2,1H3,(H,18,20)/b8-7+. The van der Waals surface area contributed by atoms with E-state index in [-0.39, 0.29) is 24.5 Å². The molecule has 0 aliphatic carbocycles. The quantitative estimate of drug-likeness (QED) is 0.838. The summed E-state index contributed by atoms with van der Waals surface area (Å²) in [7, 11) is 1.50. The number of likely N-dealkylation sites (tertiary alicyclic amines) is 1. The smallest absolute Gasteiger partial charge is 0.246 e. The molecule has 118 valence electrons. The Morgan fingerprint density at radius 1 is 1.27 bits per heavy atom. The number of hydrogen-bond donors (Lipinski definition) is 1. The maximum atomic E-state index is 12.1. The van der Waals surface area contributed by atoms with Crippen LogP contribution in [0.4, 0.5) is 0 Å². The molecule has 0 aromatic heterocycles. The van der Waals surface area contributed by atoms with Crippen molar-refractivity contribution in [3.05, 3.63) is 42.0 Å². The third kappa shape index (κ3) is 5.00. The number of carbonyl (C=O) groups excluding carboxylic acids is 2. The molecule has 1 N–H and O–H groups in total. The highest BCUT2D eigenvalue weighted by Gasteiger charge is 2.22. The van der Waals surface area contributed by atoms with Crippen molar-refractivity contribution in [3.8, 4) is 0 Å². The van der Waals surface area contributed by atoms with E-state index in [1.165, 1.54) is 7.11 Å². The van der Waals surface area contributed by atoms with Crippen molar-refractivity contribution in [2.75, 3.05) is 26.8 Å². The lowest BCUT2D eigenvalue weighted by molar-refractivity contribution is -0.127. The van der Waals surface area contributed by atoms with E-state index < -0.39 is 0 Å². The molecule has 1 aromatic rings. The van der Waals surface area contributed by atoms with E-state index in [1.807, 2.05) is 41.3 Å². The minimum Gasteiger partial charge on any atom is -0.375 e. The first kappa shape index (κ1) is 16.2. The highest BCUT2D eigenvalue weighted by molar-refractivity contribution is 5.91. The Hall–Kier alpha value is -2.14. The minimum absolute atomic E-state index is 0.0190. The Labute approximate surface area is 130 Å². The molecule has 0 saturated carbocycles. The van der Waals surface area contributed by atoms with E-state index >= 15 is 0 Å². The van der Waals surface area contributed by atoms with Crippen LogP contribution in [-0.2, 0) is 14.3 Å². The lowest BCUT2D eigenvalue weighted by Gasteiger charge is -2.31. The number of rotatable bonds is 5. The van der Waals surface area contributed by atoms with Crippen molar-refractivity contribution in [1.82, 2.24) is 10.2 Å². The molecule has 22 heavy (non-hydrogen) atoms. The summed E-state index contributed by atoms with van der Waals surface area (Å²) >= 11 is 0. The minimum atomic E-state index is -0.101. The van der Waals surface area contributed by atoms with Gasteiger partial charge in [0, 0.05) is 32.3 Å². The average Bonchev–Trinajstić information content (AvgIpc) is 2.54. The molecule has 1 saturated heterocycles. The predicted octanol–water partition coefficient (Wildman–Crippen LogP) is 1.45. The largest absolute Gasteiger partial charge is 0.375 e. The van der Waals surface area contributed by atoms with Crippen LogP contribution in [0, 0.1) is 0 Å². The lowest BCUT2D eigenvalue weighted by Crippen LogP contribution is -2.46. The molecule has 0 bridgehead atoms. The molecule has 0 atom stereocenters. The number of benzene rings is 1. The maximum Gasteiger partial charge on any atom is 0.246 e. The number of hydrogen-bond acceptors (Lipinski definition) is 3. The van der Waals surface area contributed by atoms with Crippen molar-refractivity contribution in [1.29, 1.82) is 0 Å². The van der Waals surface area contributed by atoms with Crippen LogP contribution in [-0.4, -0.2) is 49.6 Å². The second-order valence-corrected chi connectivity index (χ2v) is 5.34. The van der Waals surface area contributed by atoms with E-state index in [4.69, 9.17) is 4.74 Å². The Balaban J connectivity index is 1.77. The van der Waals surface area contributed by atoms with E-state index in [9.17, 15) is 9.59 Å². The van der Waals surface area contributed by atoms with Crippen molar-refractivity contribution < 1.29 is 14.3 Å². The summed E-state index contributed by atoms with van der Waals surface area (Å²) in [6.07, 6.45) is 4.99. The van der Waals surface area contributed by atoms with Gasteiger partial charge in [-0.1, -0.05) is 30.3 Å². The summed E-state index contributed by atoms with van der Waals surface area (Å²) in [5.41, 5.74) is 1.01. The summed E-state index contributed by atoms with van der Waals surface area (Å²) in [5.74, 6) is -0.0817. The first-order valence-electron chi connectivity index (χ1n) is 7.49. The van der Waals surface area contributed by atoms with Gasteiger partial charge in [0.25, 0.3) is 0 Å². The van der Waals surface area contributed by atoms with Crippen LogP contribution in [0.15, 0.2) is 36.4 Å². The Kier molecular flexibility index (Phi) is 6.15. The maximum absolute atomic E-state index is 12.1. The van der Waals surface area contributed by atoms with Gasteiger partial charge in [-0.2, -0.15) is 0 Å². The molecule has 1 fully saturated rings. The molecule has 0 radical (unpaired) electrons. The molecule has 5 heteroatoms. The van der Waals surface area contributed by atoms with Crippen molar-refractivity contribution in [2.24, 2.45) is 0 Å². The SMILES string of the molecule is COCC(=O)NC1CCN(C(=O)/C=C/c2ccccc2)CC1. The van der Waals surface area contributed by atoms with Crippen LogP contribution in [0.1, 0.15) is 18.4 Å². The van der Waals surface area contributed by atoms with E-state index in [1.54, 1.807) is 6.08 Å². The molecule has 1 aliphatic heterocycles. The highest BCUT2D eigenvalue weighted by atomic mass is 16.5. The molecule has 0 spiro atoms. The Morgan fingerprint density at radius 2 is 1.95 bits per heavy atom. The van der Waals surface area contributed by atoms with Gasteiger partial charge in [0.2, 0.25) is 11.8 Å². The Bertz CT molecular complexity index is 520. The topological polar surface area (TPSA) is 58.6 Å². The van der Waals surface area contributed by atoms with Crippen molar-refractivity contribution >= 4 is 17.9 Å². The second-order valence-electron chi connectivity index (χ2n) is 5.34. The second kappa shape index (κ2) is 8.34. The van der Waals surface area contributed by atoms with Crippen LogP contribution in [0.3, 0.4) is 0 Å². The number of nitrogens with one attached hydrogen (secondary N) is 1. The fraction of sp³-hybridized carbons (Fsp3) is 0.412. The van der Waals surface area contributed by atoms with E-state index in [2.05, 4.69) is 5.32 Å². The lowest BCUT2D eigenvalue weighted by atomic mass is 10.0. The third-order valence-electron chi connectivity index (χ3n) is 3.67. The molecule has 0 unspecified atom stereocenters. The molecular formula is C17H22N2O3. The number of methoxy groups -OCH3 is 1. The van der Waals surface area contributed by atoms with Gasteiger partial charge in [0.05, 0.1) is 0 Å². The normalized spacial score (nSPS) is 16.0. The van der Waals surface area contributed by atoms with Crippen LogP contribution in [0.25, 0.3) is 6.08 Å². The van der Waals surface area contributed by atoms with Gasteiger partial charge >= 0.3 is 0 Å². The fourth-order valence-electron chi connectivity index (χ4n) is 2.48. The molecule has 5 nitrogen and oxygen atoms in total. The Morgan fingerprint density at radius 3 is 2.59 bits per heavy atom. The first-order valence-corrected chi connectivity index (χ1v) is 7.49. The van der Waals surface area contributed by atoms with Gasteiger partial charge in [-0.15, -0.1) is 0 Å². The summed E-state index contributed by atoms with van der Waals surface area (Å²) in [5, 5.41) is 2.92.